The third-order valence-electron chi connectivity index (χ3n) is 3.33. The molecule has 2 N–H and O–H groups in total. The van der Waals surface area contributed by atoms with Crippen LogP contribution in [0.1, 0.15) is 23.5 Å². The van der Waals surface area contributed by atoms with Crippen LogP contribution in [0.15, 0.2) is 22.1 Å². The maximum Gasteiger partial charge on any atom is 0.412 e. The van der Waals surface area contributed by atoms with Crippen LogP contribution in [0.5, 0.6) is 0 Å². The van der Waals surface area contributed by atoms with E-state index in [-0.39, 0.29) is 6.42 Å². The Morgan fingerprint density at radius 3 is 2.63 bits per heavy atom. The van der Waals surface area contributed by atoms with E-state index in [1.807, 2.05) is 17.9 Å². The molecule has 0 saturated heterocycles. The van der Waals surface area contributed by atoms with E-state index in [1.165, 1.54) is 6.08 Å². The molecule has 3 nitrogen and oxygen atoms in total. The average Bonchev–Trinajstić information content (AvgIpc) is 2.69. The molecule has 106 valence electrons. The van der Waals surface area contributed by atoms with Gasteiger partial charge in [0.05, 0.1) is 6.54 Å². The van der Waals surface area contributed by atoms with Crippen molar-refractivity contribution in [2.75, 3.05) is 13.1 Å². The zero-order valence-electron chi connectivity index (χ0n) is 10.8. The Morgan fingerprint density at radius 2 is 2.16 bits per heavy atom. The van der Waals surface area contributed by atoms with E-state index in [1.54, 1.807) is 0 Å². The molecule has 0 spiro atoms. The largest absolute Gasteiger partial charge is 0.465 e. The number of furan rings is 1. The van der Waals surface area contributed by atoms with Gasteiger partial charge in [-0.3, -0.25) is 4.90 Å². The summed E-state index contributed by atoms with van der Waals surface area (Å²) in [5.74, 6) is 1.53. The highest BCUT2D eigenvalue weighted by Crippen LogP contribution is 2.30. The van der Waals surface area contributed by atoms with Gasteiger partial charge in [0, 0.05) is 30.8 Å². The summed E-state index contributed by atoms with van der Waals surface area (Å²) in [6.07, 6.45) is -2.91. The Bertz CT molecular complexity index is 477. The number of rotatable bonds is 3. The van der Waals surface area contributed by atoms with Crippen molar-refractivity contribution < 1.29 is 17.6 Å². The summed E-state index contributed by atoms with van der Waals surface area (Å²) in [4.78, 5) is 1.92. The lowest BCUT2D eigenvalue weighted by Gasteiger charge is -2.26. The molecule has 1 aromatic heterocycles. The minimum absolute atomic E-state index is 0.0347. The van der Waals surface area contributed by atoms with Crippen LogP contribution in [0.4, 0.5) is 13.2 Å². The smallest absolute Gasteiger partial charge is 0.412 e. The van der Waals surface area contributed by atoms with Crippen molar-refractivity contribution in [3.05, 3.63) is 34.8 Å². The van der Waals surface area contributed by atoms with Crippen LogP contribution >= 0.6 is 0 Å². The quantitative estimate of drug-likeness (QED) is 0.862. The molecule has 0 fully saturated rings. The minimum atomic E-state index is -4.19. The van der Waals surface area contributed by atoms with Crippen molar-refractivity contribution in [2.45, 2.75) is 32.6 Å². The maximum absolute atomic E-state index is 12.5. The zero-order chi connectivity index (χ0) is 14.0. The highest BCUT2D eigenvalue weighted by molar-refractivity contribution is 5.21. The summed E-state index contributed by atoms with van der Waals surface area (Å²) in [6, 6.07) is 1.87. The standard InChI is InChI=1S/C13H17F3N2O/c1-9-10(7-17)6-12(19-9)8-18-4-2-11(3-5-18)13(14,15)16/h2,6H,3-5,7-8,17H2,1H3. The number of aryl methyl sites for hydroxylation is 1. The van der Waals surface area contributed by atoms with E-state index in [0.29, 0.717) is 26.2 Å². The average molecular weight is 274 g/mol. The van der Waals surface area contributed by atoms with Crippen molar-refractivity contribution in [3.8, 4) is 0 Å². The number of halogens is 3. The highest BCUT2D eigenvalue weighted by Gasteiger charge is 2.34. The molecule has 0 bridgehead atoms. The fourth-order valence-electron chi connectivity index (χ4n) is 2.20. The van der Waals surface area contributed by atoms with Crippen LogP contribution < -0.4 is 5.73 Å². The normalized spacial score (nSPS) is 17.6. The molecule has 0 amide bonds. The van der Waals surface area contributed by atoms with E-state index >= 15 is 0 Å². The first-order chi connectivity index (χ1) is 8.90. The van der Waals surface area contributed by atoms with Crippen molar-refractivity contribution in [2.24, 2.45) is 5.73 Å². The third kappa shape index (κ3) is 3.39. The van der Waals surface area contributed by atoms with Crippen LogP contribution in [0.3, 0.4) is 0 Å². The minimum Gasteiger partial charge on any atom is -0.465 e. The van der Waals surface area contributed by atoms with E-state index < -0.39 is 11.7 Å². The second-order valence-electron chi connectivity index (χ2n) is 4.71. The van der Waals surface area contributed by atoms with Gasteiger partial charge in [-0.2, -0.15) is 13.2 Å². The van der Waals surface area contributed by atoms with Gasteiger partial charge in [0.15, 0.2) is 0 Å². The van der Waals surface area contributed by atoms with Gasteiger partial charge in [0.2, 0.25) is 0 Å². The highest BCUT2D eigenvalue weighted by atomic mass is 19.4. The summed E-state index contributed by atoms with van der Waals surface area (Å²) in [5.41, 5.74) is 6.07. The zero-order valence-corrected chi connectivity index (χ0v) is 10.8. The second-order valence-corrected chi connectivity index (χ2v) is 4.71. The van der Waals surface area contributed by atoms with Gasteiger partial charge in [-0.25, -0.2) is 0 Å². The first kappa shape index (κ1) is 14.1. The summed E-state index contributed by atoms with van der Waals surface area (Å²) in [6.45, 7) is 3.45. The van der Waals surface area contributed by atoms with Gasteiger partial charge in [-0.15, -0.1) is 0 Å². The van der Waals surface area contributed by atoms with Gasteiger partial charge in [-0.05, 0) is 19.4 Å². The molecule has 0 aliphatic carbocycles. The van der Waals surface area contributed by atoms with Gasteiger partial charge >= 0.3 is 6.18 Å². The Morgan fingerprint density at radius 1 is 1.42 bits per heavy atom. The van der Waals surface area contributed by atoms with E-state index in [9.17, 15) is 13.2 Å². The number of hydrogen-bond acceptors (Lipinski definition) is 3. The van der Waals surface area contributed by atoms with Gasteiger partial charge < -0.3 is 10.2 Å². The fraction of sp³-hybridized carbons (Fsp3) is 0.538. The van der Waals surface area contributed by atoms with Gasteiger partial charge in [0.25, 0.3) is 0 Å². The first-order valence-corrected chi connectivity index (χ1v) is 6.17. The summed E-state index contributed by atoms with van der Waals surface area (Å²) in [5, 5.41) is 0. The molecule has 2 heterocycles. The molecular weight excluding hydrogens is 257 g/mol. The van der Waals surface area contributed by atoms with Crippen molar-refractivity contribution in [3.63, 3.8) is 0 Å². The van der Waals surface area contributed by atoms with Crippen LogP contribution in [0, 0.1) is 6.92 Å². The number of nitrogens with zero attached hydrogens (tertiary/aromatic N) is 1. The number of alkyl halides is 3. The Kier molecular flexibility index (Phi) is 4.01. The fourth-order valence-corrected chi connectivity index (χ4v) is 2.20. The molecule has 0 atom stereocenters. The maximum atomic E-state index is 12.5. The SMILES string of the molecule is Cc1oc(CN2CC=C(C(F)(F)F)CC2)cc1CN. The molecule has 1 aliphatic heterocycles. The number of nitrogens with two attached hydrogens (primary N) is 1. The molecule has 1 aromatic rings. The van der Waals surface area contributed by atoms with Gasteiger partial charge in [0.1, 0.15) is 11.5 Å². The molecule has 1 aliphatic rings. The van der Waals surface area contributed by atoms with Crippen molar-refractivity contribution >= 4 is 0 Å². The molecule has 0 radical (unpaired) electrons. The monoisotopic (exact) mass is 274 g/mol. The molecule has 19 heavy (non-hydrogen) atoms. The Hall–Kier alpha value is -1.27. The van der Waals surface area contributed by atoms with Crippen molar-refractivity contribution in [1.82, 2.24) is 4.90 Å². The van der Waals surface area contributed by atoms with E-state index in [4.69, 9.17) is 10.2 Å². The molecule has 6 heteroatoms. The summed E-state index contributed by atoms with van der Waals surface area (Å²) < 4.78 is 43.0. The van der Waals surface area contributed by atoms with E-state index in [2.05, 4.69) is 0 Å². The van der Waals surface area contributed by atoms with Crippen LogP contribution in [-0.4, -0.2) is 24.2 Å². The molecule has 0 saturated carbocycles. The van der Waals surface area contributed by atoms with Crippen LogP contribution in [-0.2, 0) is 13.1 Å². The Balaban J connectivity index is 1.97. The number of hydrogen-bond donors (Lipinski definition) is 1. The lowest BCUT2D eigenvalue weighted by molar-refractivity contribution is -0.0961. The Labute approximate surface area is 109 Å². The lowest BCUT2D eigenvalue weighted by atomic mass is 10.1. The van der Waals surface area contributed by atoms with Crippen molar-refractivity contribution in [1.29, 1.82) is 0 Å². The topological polar surface area (TPSA) is 42.4 Å². The third-order valence-corrected chi connectivity index (χ3v) is 3.33. The second kappa shape index (κ2) is 5.38. The molecular formula is C13H17F3N2O. The summed E-state index contributed by atoms with van der Waals surface area (Å²) >= 11 is 0. The molecule has 2 rings (SSSR count). The van der Waals surface area contributed by atoms with Crippen LogP contribution in [0.2, 0.25) is 0 Å². The molecule has 0 aromatic carbocycles. The predicted molar refractivity (Wildman–Crippen MR) is 65.4 cm³/mol. The first-order valence-electron chi connectivity index (χ1n) is 6.17. The van der Waals surface area contributed by atoms with E-state index in [0.717, 1.165) is 17.1 Å². The summed E-state index contributed by atoms with van der Waals surface area (Å²) in [7, 11) is 0. The lowest BCUT2D eigenvalue weighted by Crippen LogP contribution is -2.31. The van der Waals surface area contributed by atoms with Gasteiger partial charge in [-0.1, -0.05) is 6.08 Å². The predicted octanol–water partition coefficient (Wildman–Crippen LogP) is 2.74. The molecule has 0 unspecified atom stereocenters. The van der Waals surface area contributed by atoms with Crippen LogP contribution in [0.25, 0.3) is 0 Å².